The SMILES string of the molecule is Cc1cc2c3c(c1)N1c4ccccc4C4(c5ccccc5-c5ccccc54)c4cccc(c41)B3N(c1ccccc1)c1cc3sc4ccccc4c3cc1-2. The topological polar surface area (TPSA) is 6.48 Å². The van der Waals surface area contributed by atoms with Gasteiger partial charge in [0.15, 0.2) is 0 Å². The first kappa shape index (κ1) is 29.1. The van der Waals surface area contributed by atoms with Gasteiger partial charge in [0.1, 0.15) is 0 Å². The Morgan fingerprint density at radius 1 is 0.481 bits per heavy atom. The molecule has 1 aliphatic carbocycles. The molecule has 4 heteroatoms. The van der Waals surface area contributed by atoms with E-state index in [-0.39, 0.29) is 6.85 Å². The zero-order valence-electron chi connectivity index (χ0n) is 29.5. The molecule has 8 aromatic carbocycles. The van der Waals surface area contributed by atoms with Crippen molar-refractivity contribution in [3.05, 3.63) is 198 Å². The predicted octanol–water partition coefficient (Wildman–Crippen LogP) is 11.7. The third-order valence-corrected chi connectivity index (χ3v) is 13.8. The van der Waals surface area contributed by atoms with Crippen LogP contribution in [0.25, 0.3) is 42.4 Å². The predicted molar refractivity (Wildman–Crippen MR) is 229 cm³/mol. The number of hydrogen-bond donors (Lipinski definition) is 0. The van der Waals surface area contributed by atoms with E-state index in [1.165, 1.54) is 110 Å². The molecular weight excluding hydrogens is 671 g/mol. The van der Waals surface area contributed by atoms with Gasteiger partial charge < -0.3 is 9.71 Å². The van der Waals surface area contributed by atoms with E-state index in [9.17, 15) is 0 Å². The molecule has 54 heavy (non-hydrogen) atoms. The van der Waals surface area contributed by atoms with Gasteiger partial charge in [-0.15, -0.1) is 11.3 Å². The summed E-state index contributed by atoms with van der Waals surface area (Å²) >= 11 is 1.90. The zero-order valence-corrected chi connectivity index (χ0v) is 30.4. The second kappa shape index (κ2) is 10.2. The Bertz CT molecular complexity index is 3060. The molecule has 4 aliphatic rings. The van der Waals surface area contributed by atoms with Crippen LogP contribution in [0.2, 0.25) is 0 Å². The van der Waals surface area contributed by atoms with Crippen LogP contribution >= 0.6 is 11.3 Å². The van der Waals surface area contributed by atoms with Crippen molar-refractivity contribution in [1.29, 1.82) is 0 Å². The quantitative estimate of drug-likeness (QED) is 0.157. The molecule has 0 saturated heterocycles. The Morgan fingerprint density at radius 3 is 1.98 bits per heavy atom. The molecule has 0 atom stereocenters. The third-order valence-electron chi connectivity index (χ3n) is 12.6. The summed E-state index contributed by atoms with van der Waals surface area (Å²) in [6, 6.07) is 64.5. The molecule has 0 bridgehead atoms. The molecule has 3 aliphatic heterocycles. The fraction of sp³-hybridized carbons (Fsp3) is 0.0400. The van der Waals surface area contributed by atoms with Gasteiger partial charge in [-0.25, -0.2) is 0 Å². The first-order valence-electron chi connectivity index (χ1n) is 18.9. The highest BCUT2D eigenvalue weighted by Gasteiger charge is 2.55. The number of rotatable bonds is 1. The fourth-order valence-corrected chi connectivity index (χ4v) is 11.9. The van der Waals surface area contributed by atoms with Crippen LogP contribution in [-0.4, -0.2) is 6.85 Å². The molecule has 0 radical (unpaired) electrons. The highest BCUT2D eigenvalue weighted by atomic mass is 32.1. The van der Waals surface area contributed by atoms with E-state index in [1.54, 1.807) is 0 Å². The molecule has 4 heterocycles. The van der Waals surface area contributed by atoms with E-state index in [2.05, 4.69) is 186 Å². The molecule has 0 unspecified atom stereocenters. The van der Waals surface area contributed by atoms with E-state index in [0.717, 1.165) is 0 Å². The van der Waals surface area contributed by atoms with Crippen molar-refractivity contribution in [2.45, 2.75) is 12.3 Å². The normalized spacial score (nSPS) is 14.8. The zero-order chi connectivity index (χ0) is 35.3. The van der Waals surface area contributed by atoms with Crippen LogP contribution in [0, 0.1) is 6.92 Å². The summed E-state index contributed by atoms with van der Waals surface area (Å²) in [7, 11) is 0. The monoisotopic (exact) mass is 702 g/mol. The maximum Gasteiger partial charge on any atom is 0.333 e. The first-order chi connectivity index (χ1) is 26.7. The van der Waals surface area contributed by atoms with Crippen molar-refractivity contribution in [1.82, 2.24) is 0 Å². The number of para-hydroxylation sites is 3. The summed E-state index contributed by atoms with van der Waals surface area (Å²) in [6.45, 7) is 2.24. The summed E-state index contributed by atoms with van der Waals surface area (Å²) in [4.78, 5) is 5.28. The lowest BCUT2D eigenvalue weighted by Gasteiger charge is -2.51. The number of nitrogens with zero attached hydrogens (tertiary/aromatic N) is 2. The molecule has 0 N–H and O–H groups in total. The second-order valence-corrected chi connectivity index (χ2v) is 16.3. The molecule has 0 amide bonds. The maximum absolute atomic E-state index is 2.65. The lowest BCUT2D eigenvalue weighted by molar-refractivity contribution is 0.753. The van der Waals surface area contributed by atoms with Gasteiger partial charge in [0, 0.05) is 48.5 Å². The van der Waals surface area contributed by atoms with E-state index in [1.807, 2.05) is 11.3 Å². The number of anilines is 5. The second-order valence-electron chi connectivity index (χ2n) is 15.3. The molecule has 1 aromatic heterocycles. The van der Waals surface area contributed by atoms with Crippen LogP contribution in [0.5, 0.6) is 0 Å². The molecule has 9 aromatic rings. The number of aryl methyl sites for hydroxylation is 1. The molecule has 250 valence electrons. The lowest BCUT2D eigenvalue weighted by atomic mass is 9.42. The van der Waals surface area contributed by atoms with Crippen molar-refractivity contribution >= 4 is 77.7 Å². The van der Waals surface area contributed by atoms with Crippen molar-refractivity contribution < 1.29 is 0 Å². The minimum atomic E-state index is -0.455. The molecule has 0 saturated carbocycles. The Kier molecular flexibility index (Phi) is 5.50. The largest absolute Gasteiger partial charge is 0.376 e. The molecule has 2 nitrogen and oxygen atoms in total. The standard InChI is InChI=1S/C50H31BN2S/c1-30-26-37-35-28-36-34-18-7-12-25-46(34)54-47(36)29-44(35)53(31-14-3-2-4-15-31)51-42-23-13-22-41-49(42)52(45(27-30)48(37)51)43-24-11-10-21-40(43)50(41)38-19-8-5-16-32(38)33-17-6-9-20-39(33)50/h2-29H,1H3. The fourth-order valence-electron chi connectivity index (χ4n) is 10.7. The van der Waals surface area contributed by atoms with E-state index < -0.39 is 5.41 Å². The van der Waals surface area contributed by atoms with Gasteiger partial charge >= 0.3 is 6.85 Å². The van der Waals surface area contributed by atoms with Crippen molar-refractivity contribution in [2.75, 3.05) is 9.71 Å². The smallest absolute Gasteiger partial charge is 0.333 e. The van der Waals surface area contributed by atoms with E-state index in [4.69, 9.17) is 0 Å². The Morgan fingerprint density at radius 2 is 1.17 bits per heavy atom. The van der Waals surface area contributed by atoms with Crippen LogP contribution in [0.1, 0.15) is 27.8 Å². The van der Waals surface area contributed by atoms with Gasteiger partial charge in [-0.1, -0.05) is 127 Å². The summed E-state index contributed by atoms with van der Waals surface area (Å²) in [5.74, 6) is 0. The third kappa shape index (κ3) is 3.40. The van der Waals surface area contributed by atoms with Gasteiger partial charge in [-0.3, -0.25) is 0 Å². The molecular formula is C50H31BN2S. The van der Waals surface area contributed by atoms with E-state index in [0.29, 0.717) is 0 Å². The van der Waals surface area contributed by atoms with Crippen LogP contribution < -0.4 is 20.6 Å². The Balaban J connectivity index is 1.20. The lowest BCUT2D eigenvalue weighted by Crippen LogP contribution is -2.62. The Labute approximate surface area is 318 Å². The van der Waals surface area contributed by atoms with Crippen molar-refractivity contribution in [2.24, 2.45) is 0 Å². The number of thiophene rings is 1. The van der Waals surface area contributed by atoms with Crippen LogP contribution in [0.15, 0.2) is 170 Å². The molecule has 13 rings (SSSR count). The van der Waals surface area contributed by atoms with Gasteiger partial charge in [-0.2, -0.15) is 0 Å². The summed E-state index contributed by atoms with van der Waals surface area (Å²) < 4.78 is 2.66. The van der Waals surface area contributed by atoms with E-state index >= 15 is 0 Å². The maximum atomic E-state index is 2.65. The minimum absolute atomic E-state index is 0.0299. The summed E-state index contributed by atoms with van der Waals surface area (Å²) in [5, 5.41) is 2.66. The average Bonchev–Trinajstić information content (AvgIpc) is 3.73. The van der Waals surface area contributed by atoms with Gasteiger partial charge in [0.2, 0.25) is 0 Å². The highest BCUT2D eigenvalue weighted by Crippen LogP contribution is 2.64. The van der Waals surface area contributed by atoms with Crippen LogP contribution in [0.4, 0.5) is 28.4 Å². The summed E-state index contributed by atoms with van der Waals surface area (Å²) in [6.07, 6.45) is 0. The number of fused-ring (bicyclic) bond motifs is 16. The highest BCUT2D eigenvalue weighted by molar-refractivity contribution is 7.25. The summed E-state index contributed by atoms with van der Waals surface area (Å²) in [5.41, 5.74) is 20.5. The average molecular weight is 703 g/mol. The molecule has 0 fully saturated rings. The van der Waals surface area contributed by atoms with Gasteiger partial charge in [-0.05, 0) is 105 Å². The van der Waals surface area contributed by atoms with Crippen LogP contribution in [0.3, 0.4) is 0 Å². The van der Waals surface area contributed by atoms with Crippen LogP contribution in [-0.2, 0) is 5.41 Å². The van der Waals surface area contributed by atoms with Crippen molar-refractivity contribution in [3.63, 3.8) is 0 Å². The molecule has 1 spiro atoms. The van der Waals surface area contributed by atoms with Gasteiger partial charge in [0.25, 0.3) is 0 Å². The first-order valence-corrected chi connectivity index (χ1v) is 19.7. The van der Waals surface area contributed by atoms with Crippen molar-refractivity contribution in [3.8, 4) is 22.3 Å². The van der Waals surface area contributed by atoms with Gasteiger partial charge in [0.05, 0.1) is 11.1 Å². The number of hydrogen-bond acceptors (Lipinski definition) is 3. The Hall–Kier alpha value is -6.36. The number of benzene rings is 8. The minimum Gasteiger partial charge on any atom is -0.376 e.